The number of carbonyl (C=O) groups is 1. The molecule has 4 rings (SSSR count). The summed E-state index contributed by atoms with van der Waals surface area (Å²) >= 11 is 6.27. The van der Waals surface area contributed by atoms with Gasteiger partial charge in [0.1, 0.15) is 0 Å². The minimum atomic E-state index is -0.215. The predicted molar refractivity (Wildman–Crippen MR) is 114 cm³/mol. The number of halogens is 2. The summed E-state index contributed by atoms with van der Waals surface area (Å²) < 4.78 is 5.15. The van der Waals surface area contributed by atoms with Crippen molar-refractivity contribution in [2.45, 2.75) is 32.6 Å². The van der Waals surface area contributed by atoms with Crippen molar-refractivity contribution < 1.29 is 9.53 Å². The zero-order valence-corrected chi connectivity index (χ0v) is 17.5. The number of aryl methyl sites for hydroxylation is 2. The highest BCUT2D eigenvalue weighted by Crippen LogP contribution is 2.38. The third-order valence-corrected chi connectivity index (χ3v) is 5.61. The Kier molecular flexibility index (Phi) is 6.63. The van der Waals surface area contributed by atoms with Crippen LogP contribution in [-0.4, -0.2) is 35.7 Å². The fourth-order valence-electron chi connectivity index (χ4n) is 4.06. The van der Waals surface area contributed by atoms with Crippen LogP contribution in [0.4, 0.5) is 4.79 Å². The van der Waals surface area contributed by atoms with E-state index < -0.39 is 0 Å². The van der Waals surface area contributed by atoms with Gasteiger partial charge in [0.25, 0.3) is 0 Å². The number of pyridine rings is 1. The number of nitrogens with zero attached hydrogens (tertiary/aromatic N) is 2. The third-order valence-electron chi connectivity index (χ3n) is 5.37. The maximum absolute atomic E-state index is 12.0. The number of piperidine rings is 1. The van der Waals surface area contributed by atoms with Crippen molar-refractivity contribution in [2.75, 3.05) is 19.7 Å². The van der Waals surface area contributed by atoms with Crippen LogP contribution in [0.2, 0.25) is 5.02 Å². The third kappa shape index (κ3) is 4.03. The van der Waals surface area contributed by atoms with E-state index in [0.29, 0.717) is 19.7 Å². The van der Waals surface area contributed by atoms with Gasteiger partial charge in [-0.1, -0.05) is 29.3 Å². The SMILES string of the molecule is CCOC(=O)N1CCC(=C2c3ccc(Cl)cc3CCc3cccnc32)CC1.Cl. The van der Waals surface area contributed by atoms with Crippen molar-refractivity contribution in [3.8, 4) is 0 Å². The van der Waals surface area contributed by atoms with Crippen molar-refractivity contribution in [1.29, 1.82) is 0 Å². The number of ether oxygens (including phenoxy) is 1. The molecule has 148 valence electrons. The second kappa shape index (κ2) is 8.97. The molecule has 1 saturated heterocycles. The van der Waals surface area contributed by atoms with Crippen molar-refractivity contribution in [3.63, 3.8) is 0 Å². The summed E-state index contributed by atoms with van der Waals surface area (Å²) in [5, 5.41) is 0.772. The van der Waals surface area contributed by atoms with E-state index in [-0.39, 0.29) is 18.5 Å². The summed E-state index contributed by atoms with van der Waals surface area (Å²) in [5.74, 6) is 0. The highest BCUT2D eigenvalue weighted by molar-refractivity contribution is 6.30. The van der Waals surface area contributed by atoms with Gasteiger partial charge >= 0.3 is 6.09 Å². The topological polar surface area (TPSA) is 42.4 Å². The molecule has 1 aromatic carbocycles. The second-order valence-corrected chi connectivity index (χ2v) is 7.41. The predicted octanol–water partition coefficient (Wildman–Crippen LogP) is 5.31. The second-order valence-electron chi connectivity index (χ2n) is 6.98. The largest absolute Gasteiger partial charge is 0.450 e. The molecule has 0 unspecified atom stereocenters. The molecule has 4 nitrogen and oxygen atoms in total. The van der Waals surface area contributed by atoms with E-state index in [1.807, 2.05) is 25.3 Å². The molecule has 0 spiro atoms. The Bertz CT molecular complexity index is 901. The minimum absolute atomic E-state index is 0. The molecule has 2 heterocycles. The Labute approximate surface area is 177 Å². The van der Waals surface area contributed by atoms with E-state index in [0.717, 1.165) is 36.4 Å². The molecule has 1 amide bonds. The van der Waals surface area contributed by atoms with Crippen LogP contribution in [0.25, 0.3) is 5.57 Å². The first kappa shape index (κ1) is 20.7. The van der Waals surface area contributed by atoms with Gasteiger partial charge in [0.2, 0.25) is 0 Å². The van der Waals surface area contributed by atoms with Gasteiger partial charge in [-0.05, 0) is 67.5 Å². The Morgan fingerprint density at radius 2 is 1.89 bits per heavy atom. The van der Waals surface area contributed by atoms with Crippen LogP contribution in [-0.2, 0) is 17.6 Å². The van der Waals surface area contributed by atoms with Crippen molar-refractivity contribution >= 4 is 35.7 Å². The van der Waals surface area contributed by atoms with E-state index in [2.05, 4.69) is 18.2 Å². The lowest BCUT2D eigenvalue weighted by molar-refractivity contribution is 0.104. The lowest BCUT2D eigenvalue weighted by Crippen LogP contribution is -2.37. The van der Waals surface area contributed by atoms with Gasteiger partial charge in [-0.15, -0.1) is 12.4 Å². The number of carbonyl (C=O) groups excluding carboxylic acids is 1. The molecule has 1 fully saturated rings. The number of benzene rings is 1. The quantitative estimate of drug-likeness (QED) is 0.629. The van der Waals surface area contributed by atoms with Crippen LogP contribution >= 0.6 is 24.0 Å². The molecular weight excluding hydrogens is 395 g/mol. The number of rotatable bonds is 1. The number of hydrogen-bond donors (Lipinski definition) is 0. The molecule has 0 saturated carbocycles. The van der Waals surface area contributed by atoms with Crippen LogP contribution in [0.5, 0.6) is 0 Å². The van der Waals surface area contributed by atoms with Crippen molar-refractivity contribution in [2.24, 2.45) is 0 Å². The van der Waals surface area contributed by atoms with Gasteiger partial charge in [0, 0.05) is 29.9 Å². The molecule has 2 aromatic rings. The van der Waals surface area contributed by atoms with E-state index in [9.17, 15) is 4.79 Å². The highest BCUT2D eigenvalue weighted by Gasteiger charge is 2.26. The Balaban J connectivity index is 0.00000225. The van der Waals surface area contributed by atoms with Gasteiger partial charge in [0.05, 0.1) is 12.3 Å². The molecular formula is C22H24Cl2N2O2. The van der Waals surface area contributed by atoms with Crippen LogP contribution < -0.4 is 0 Å². The van der Waals surface area contributed by atoms with E-state index in [1.54, 1.807) is 4.90 Å². The van der Waals surface area contributed by atoms with Crippen molar-refractivity contribution in [3.05, 3.63) is 69.5 Å². The van der Waals surface area contributed by atoms with Crippen LogP contribution in [0.3, 0.4) is 0 Å². The molecule has 0 atom stereocenters. The molecule has 0 radical (unpaired) electrons. The Morgan fingerprint density at radius 3 is 2.64 bits per heavy atom. The summed E-state index contributed by atoms with van der Waals surface area (Å²) in [4.78, 5) is 18.6. The fraction of sp³-hybridized carbons (Fsp3) is 0.364. The Morgan fingerprint density at radius 1 is 1.14 bits per heavy atom. The monoisotopic (exact) mass is 418 g/mol. The Hall–Kier alpha value is -2.04. The van der Waals surface area contributed by atoms with Crippen LogP contribution in [0.1, 0.15) is 42.1 Å². The van der Waals surface area contributed by atoms with Crippen molar-refractivity contribution in [1.82, 2.24) is 9.88 Å². The normalized spacial score (nSPS) is 15.9. The first-order chi connectivity index (χ1) is 13.2. The first-order valence-corrected chi connectivity index (χ1v) is 9.92. The van der Waals surface area contributed by atoms with E-state index in [4.69, 9.17) is 21.3 Å². The number of fused-ring (bicyclic) bond motifs is 2. The van der Waals surface area contributed by atoms with Gasteiger partial charge < -0.3 is 9.64 Å². The average Bonchev–Trinajstić information content (AvgIpc) is 2.85. The van der Waals surface area contributed by atoms with E-state index >= 15 is 0 Å². The molecule has 0 N–H and O–H groups in total. The van der Waals surface area contributed by atoms with Gasteiger partial charge in [-0.25, -0.2) is 4.79 Å². The summed E-state index contributed by atoms with van der Waals surface area (Å²) in [6, 6.07) is 10.3. The average molecular weight is 419 g/mol. The molecule has 0 bridgehead atoms. The van der Waals surface area contributed by atoms with Gasteiger partial charge in [-0.2, -0.15) is 0 Å². The number of aromatic nitrogens is 1. The summed E-state index contributed by atoms with van der Waals surface area (Å²) in [5.41, 5.74) is 7.46. The zero-order chi connectivity index (χ0) is 18.8. The maximum Gasteiger partial charge on any atom is 0.409 e. The zero-order valence-electron chi connectivity index (χ0n) is 15.9. The maximum atomic E-state index is 12.0. The molecule has 1 aliphatic carbocycles. The molecule has 6 heteroatoms. The summed E-state index contributed by atoms with van der Waals surface area (Å²) in [7, 11) is 0. The first-order valence-electron chi connectivity index (χ1n) is 9.54. The number of amides is 1. The molecule has 28 heavy (non-hydrogen) atoms. The molecule has 2 aliphatic rings. The van der Waals surface area contributed by atoms with Gasteiger partial charge in [-0.3, -0.25) is 4.98 Å². The minimum Gasteiger partial charge on any atom is -0.450 e. The molecule has 1 aromatic heterocycles. The van der Waals surface area contributed by atoms with Crippen LogP contribution in [0.15, 0.2) is 42.1 Å². The van der Waals surface area contributed by atoms with Gasteiger partial charge in [0.15, 0.2) is 0 Å². The molecule has 1 aliphatic heterocycles. The van der Waals surface area contributed by atoms with E-state index in [1.165, 1.54) is 27.8 Å². The smallest absolute Gasteiger partial charge is 0.409 e. The summed E-state index contributed by atoms with van der Waals surface area (Å²) in [6.45, 7) is 3.62. The lowest BCUT2D eigenvalue weighted by Gasteiger charge is -2.29. The number of likely N-dealkylation sites (tertiary alicyclic amines) is 1. The lowest BCUT2D eigenvalue weighted by atomic mass is 9.88. The van der Waals surface area contributed by atoms with Crippen LogP contribution in [0, 0.1) is 0 Å². The fourth-order valence-corrected chi connectivity index (χ4v) is 4.25. The highest BCUT2D eigenvalue weighted by atomic mass is 35.5. The standard InChI is InChI=1S/C22H23ClN2O2.ClH/c1-2-27-22(26)25-12-9-15(10-13-25)20-19-8-7-18(23)14-17(19)6-5-16-4-3-11-24-21(16)20;/h3-4,7-8,11,14H,2,5-6,9-10,12-13H2,1H3;1H. The summed E-state index contributed by atoms with van der Waals surface area (Å²) in [6.07, 6.45) is 5.25. The number of hydrogen-bond acceptors (Lipinski definition) is 3.